The summed E-state index contributed by atoms with van der Waals surface area (Å²) in [5, 5.41) is 0. The highest BCUT2D eigenvalue weighted by Gasteiger charge is 2.42. The number of methoxy groups -OCH3 is 1. The lowest BCUT2D eigenvalue weighted by Gasteiger charge is -2.29. The lowest BCUT2D eigenvalue weighted by atomic mass is 9.77. The number of rotatable bonds is 8. The maximum Gasteiger partial charge on any atom is 0.313 e. The van der Waals surface area contributed by atoms with E-state index in [1.54, 1.807) is 0 Å². The number of ether oxygens (including phenoxy) is 1. The third-order valence-electron chi connectivity index (χ3n) is 4.35. The van der Waals surface area contributed by atoms with E-state index in [2.05, 4.69) is 24.3 Å². The van der Waals surface area contributed by atoms with E-state index < -0.39 is 5.41 Å². The van der Waals surface area contributed by atoms with Crippen molar-refractivity contribution in [3.63, 3.8) is 0 Å². The molecule has 0 aliphatic heterocycles. The van der Waals surface area contributed by atoms with Crippen LogP contribution in [0.3, 0.4) is 0 Å². The van der Waals surface area contributed by atoms with Gasteiger partial charge in [0.15, 0.2) is 0 Å². The molecule has 1 fully saturated rings. The van der Waals surface area contributed by atoms with Crippen LogP contribution in [0.2, 0.25) is 0 Å². The maximum atomic E-state index is 12.2. The molecule has 0 heterocycles. The lowest BCUT2D eigenvalue weighted by molar-refractivity contribution is -0.153. The van der Waals surface area contributed by atoms with Crippen LogP contribution in [0.1, 0.15) is 37.7 Å². The molecule has 2 rings (SSSR count). The van der Waals surface area contributed by atoms with E-state index in [1.807, 2.05) is 6.07 Å². The van der Waals surface area contributed by atoms with E-state index in [9.17, 15) is 4.79 Å². The van der Waals surface area contributed by atoms with Gasteiger partial charge >= 0.3 is 5.97 Å². The summed E-state index contributed by atoms with van der Waals surface area (Å²) in [5.41, 5.74) is 6.79. The van der Waals surface area contributed by atoms with Gasteiger partial charge in [-0.05, 0) is 37.2 Å². The smallest absolute Gasteiger partial charge is 0.313 e. The molecule has 110 valence electrons. The topological polar surface area (TPSA) is 52.3 Å². The molecule has 0 radical (unpaired) electrons. The zero-order valence-corrected chi connectivity index (χ0v) is 12.3. The van der Waals surface area contributed by atoms with Crippen molar-refractivity contribution in [1.82, 2.24) is 0 Å². The molecular formula is C17H25NO2. The third-order valence-corrected chi connectivity index (χ3v) is 4.35. The first kappa shape index (κ1) is 15.0. The summed E-state index contributed by atoms with van der Waals surface area (Å²) < 4.78 is 5.02. The van der Waals surface area contributed by atoms with E-state index in [4.69, 9.17) is 10.5 Å². The van der Waals surface area contributed by atoms with Gasteiger partial charge in [0.1, 0.15) is 0 Å². The summed E-state index contributed by atoms with van der Waals surface area (Å²) in [6, 6.07) is 10.4. The predicted octanol–water partition coefficient (Wildman–Crippen LogP) is 2.93. The van der Waals surface area contributed by atoms with E-state index in [-0.39, 0.29) is 5.97 Å². The third kappa shape index (κ3) is 3.83. The molecule has 3 heteroatoms. The van der Waals surface area contributed by atoms with Crippen molar-refractivity contribution in [2.45, 2.75) is 38.5 Å². The molecule has 2 N–H and O–H groups in total. The van der Waals surface area contributed by atoms with Crippen LogP contribution in [0.5, 0.6) is 0 Å². The molecule has 1 aliphatic carbocycles. The number of benzene rings is 1. The zero-order chi connectivity index (χ0) is 14.4. The van der Waals surface area contributed by atoms with Gasteiger partial charge in [-0.15, -0.1) is 0 Å². The van der Waals surface area contributed by atoms with Crippen molar-refractivity contribution in [2.75, 3.05) is 13.7 Å². The Kier molecular flexibility index (Phi) is 5.18. The molecule has 1 saturated carbocycles. The Morgan fingerprint density at radius 3 is 2.60 bits per heavy atom. The van der Waals surface area contributed by atoms with E-state index in [0.717, 1.165) is 25.7 Å². The molecule has 1 unspecified atom stereocenters. The summed E-state index contributed by atoms with van der Waals surface area (Å²) in [5.74, 6) is 0.550. The number of carbonyl (C=O) groups is 1. The van der Waals surface area contributed by atoms with E-state index in [1.165, 1.54) is 25.5 Å². The average molecular weight is 275 g/mol. The second-order valence-corrected chi connectivity index (χ2v) is 5.96. The number of hydrogen-bond donors (Lipinski definition) is 1. The van der Waals surface area contributed by atoms with Crippen LogP contribution in [0.15, 0.2) is 30.3 Å². The SMILES string of the molecule is COC(=O)C(CN)(CCCc1ccccc1)CC1CC1. The Morgan fingerprint density at radius 2 is 2.05 bits per heavy atom. The quantitative estimate of drug-likeness (QED) is 0.742. The first-order valence-electron chi connectivity index (χ1n) is 7.52. The Labute approximate surface area is 121 Å². The molecular weight excluding hydrogens is 250 g/mol. The Morgan fingerprint density at radius 1 is 1.35 bits per heavy atom. The Balaban J connectivity index is 1.94. The highest BCUT2D eigenvalue weighted by molar-refractivity contribution is 5.77. The fourth-order valence-corrected chi connectivity index (χ4v) is 2.92. The van der Waals surface area contributed by atoms with E-state index in [0.29, 0.717) is 12.5 Å². The largest absolute Gasteiger partial charge is 0.469 e. The van der Waals surface area contributed by atoms with Gasteiger partial charge in [-0.3, -0.25) is 4.79 Å². The van der Waals surface area contributed by atoms with Crippen molar-refractivity contribution in [3.05, 3.63) is 35.9 Å². The first-order chi connectivity index (χ1) is 9.70. The zero-order valence-electron chi connectivity index (χ0n) is 12.3. The molecule has 3 nitrogen and oxygen atoms in total. The molecule has 0 bridgehead atoms. The highest BCUT2D eigenvalue weighted by atomic mass is 16.5. The van der Waals surface area contributed by atoms with Gasteiger partial charge in [0.2, 0.25) is 0 Å². The van der Waals surface area contributed by atoms with Crippen LogP contribution < -0.4 is 5.73 Å². The molecule has 0 saturated heterocycles. The minimum atomic E-state index is -0.468. The van der Waals surface area contributed by atoms with Gasteiger partial charge in [-0.2, -0.15) is 0 Å². The maximum absolute atomic E-state index is 12.2. The van der Waals surface area contributed by atoms with Crippen molar-refractivity contribution < 1.29 is 9.53 Å². The lowest BCUT2D eigenvalue weighted by Crippen LogP contribution is -2.40. The van der Waals surface area contributed by atoms with Gasteiger partial charge in [0, 0.05) is 6.54 Å². The van der Waals surface area contributed by atoms with Gasteiger partial charge in [0.05, 0.1) is 12.5 Å². The summed E-state index contributed by atoms with van der Waals surface area (Å²) in [6.07, 6.45) is 6.15. The molecule has 0 amide bonds. The Hall–Kier alpha value is -1.35. The van der Waals surface area contributed by atoms with Gasteiger partial charge in [-0.25, -0.2) is 0 Å². The van der Waals surface area contributed by atoms with Gasteiger partial charge in [0.25, 0.3) is 0 Å². The molecule has 0 spiro atoms. The number of carbonyl (C=O) groups excluding carboxylic acids is 1. The van der Waals surface area contributed by atoms with Crippen molar-refractivity contribution >= 4 is 5.97 Å². The molecule has 1 aromatic rings. The summed E-state index contributed by atoms with van der Waals surface area (Å²) in [7, 11) is 1.47. The standard InChI is InChI=1S/C17H25NO2/c1-20-16(19)17(13-18,12-15-9-10-15)11-5-8-14-6-3-2-4-7-14/h2-4,6-7,15H,5,8-13,18H2,1H3. The van der Waals surface area contributed by atoms with Crippen LogP contribution >= 0.6 is 0 Å². The molecule has 0 aromatic heterocycles. The normalized spacial score (nSPS) is 17.5. The monoisotopic (exact) mass is 275 g/mol. The summed E-state index contributed by atoms with van der Waals surface area (Å²) in [4.78, 5) is 12.2. The number of hydrogen-bond acceptors (Lipinski definition) is 3. The highest BCUT2D eigenvalue weighted by Crippen LogP contribution is 2.43. The Bertz CT molecular complexity index is 428. The van der Waals surface area contributed by atoms with Crippen LogP contribution in [-0.4, -0.2) is 19.6 Å². The second kappa shape index (κ2) is 6.89. The first-order valence-corrected chi connectivity index (χ1v) is 7.52. The van der Waals surface area contributed by atoms with Gasteiger partial charge in [-0.1, -0.05) is 43.2 Å². The minimum absolute atomic E-state index is 0.125. The van der Waals surface area contributed by atoms with Crippen molar-refractivity contribution in [3.8, 4) is 0 Å². The fourth-order valence-electron chi connectivity index (χ4n) is 2.92. The minimum Gasteiger partial charge on any atom is -0.469 e. The number of aryl methyl sites for hydroxylation is 1. The van der Waals surface area contributed by atoms with Crippen LogP contribution in [0, 0.1) is 11.3 Å². The molecule has 1 aromatic carbocycles. The molecule has 1 atom stereocenters. The molecule has 1 aliphatic rings. The van der Waals surface area contributed by atoms with Gasteiger partial charge < -0.3 is 10.5 Å². The van der Waals surface area contributed by atoms with Crippen molar-refractivity contribution in [2.24, 2.45) is 17.1 Å². The van der Waals surface area contributed by atoms with Crippen molar-refractivity contribution in [1.29, 1.82) is 0 Å². The number of esters is 1. The fraction of sp³-hybridized carbons (Fsp3) is 0.588. The second-order valence-electron chi connectivity index (χ2n) is 5.96. The number of nitrogens with two attached hydrogens (primary N) is 1. The summed E-state index contributed by atoms with van der Waals surface area (Å²) >= 11 is 0. The average Bonchev–Trinajstić information content (AvgIpc) is 3.30. The van der Waals surface area contributed by atoms with E-state index >= 15 is 0 Å². The van der Waals surface area contributed by atoms with Crippen LogP contribution in [0.25, 0.3) is 0 Å². The molecule has 20 heavy (non-hydrogen) atoms. The summed E-state index contributed by atoms with van der Waals surface area (Å²) in [6.45, 7) is 0.394. The van der Waals surface area contributed by atoms with Crippen LogP contribution in [-0.2, 0) is 16.0 Å². The van der Waals surface area contributed by atoms with Crippen LogP contribution in [0.4, 0.5) is 0 Å². The predicted molar refractivity (Wildman–Crippen MR) is 80.2 cm³/mol.